The van der Waals surface area contributed by atoms with Crippen molar-refractivity contribution in [2.75, 3.05) is 44.8 Å². The molecule has 0 N–H and O–H groups in total. The third-order valence-corrected chi connectivity index (χ3v) is 4.86. The molecule has 6 heteroatoms. The lowest BCUT2D eigenvalue weighted by atomic mass is 9.95. The van der Waals surface area contributed by atoms with Gasteiger partial charge in [0.05, 0.1) is 6.61 Å². The van der Waals surface area contributed by atoms with Crippen LogP contribution in [0.5, 0.6) is 0 Å². The number of amides is 1. The Labute approximate surface area is 155 Å². The molecule has 0 saturated carbocycles. The second-order valence-corrected chi connectivity index (χ2v) is 7.40. The van der Waals surface area contributed by atoms with Crippen molar-refractivity contribution in [3.8, 4) is 0 Å². The average molecular weight is 359 g/mol. The molecule has 0 aliphatic carbocycles. The molecule has 1 aromatic heterocycles. The molecule has 2 heterocycles. The summed E-state index contributed by atoms with van der Waals surface area (Å²) in [6, 6.07) is 8.46. The summed E-state index contributed by atoms with van der Waals surface area (Å²) < 4.78 is 11.0. The van der Waals surface area contributed by atoms with Crippen LogP contribution in [-0.4, -0.2) is 55.7 Å². The number of aromatic nitrogens is 1. The van der Waals surface area contributed by atoms with E-state index in [2.05, 4.69) is 23.7 Å². The summed E-state index contributed by atoms with van der Waals surface area (Å²) in [6.45, 7) is 7.91. The molecule has 2 aromatic rings. The van der Waals surface area contributed by atoms with Gasteiger partial charge in [-0.15, -0.1) is 0 Å². The number of carbonyl (C=O) groups excluding carboxylic acids is 1. The van der Waals surface area contributed by atoms with E-state index in [1.165, 1.54) is 0 Å². The number of rotatable bonds is 7. The van der Waals surface area contributed by atoms with Gasteiger partial charge in [0, 0.05) is 39.2 Å². The summed E-state index contributed by atoms with van der Waals surface area (Å²) in [5.41, 5.74) is 1.69. The van der Waals surface area contributed by atoms with Gasteiger partial charge in [-0.1, -0.05) is 26.0 Å². The molecular formula is C20H29N3O3. The van der Waals surface area contributed by atoms with Crippen molar-refractivity contribution in [2.45, 2.75) is 26.7 Å². The number of benzene rings is 1. The third kappa shape index (κ3) is 4.36. The van der Waals surface area contributed by atoms with Gasteiger partial charge in [0.2, 0.25) is 5.91 Å². The maximum absolute atomic E-state index is 12.9. The zero-order valence-corrected chi connectivity index (χ0v) is 16.0. The Balaban J connectivity index is 1.60. The predicted octanol–water partition coefficient (Wildman–Crippen LogP) is 3.18. The highest BCUT2D eigenvalue weighted by Crippen LogP contribution is 2.27. The number of hydrogen-bond acceptors (Lipinski definition) is 5. The highest BCUT2D eigenvalue weighted by atomic mass is 16.5. The Bertz CT molecular complexity index is 687. The molecule has 1 aliphatic heterocycles. The van der Waals surface area contributed by atoms with E-state index in [9.17, 15) is 4.79 Å². The first kappa shape index (κ1) is 18.7. The summed E-state index contributed by atoms with van der Waals surface area (Å²) in [4.78, 5) is 21.6. The normalized spacial score (nSPS) is 15.8. The Kier molecular flexibility index (Phi) is 6.14. The van der Waals surface area contributed by atoms with Crippen LogP contribution in [0.2, 0.25) is 0 Å². The molecule has 0 bridgehead atoms. The lowest BCUT2D eigenvalue weighted by Crippen LogP contribution is -2.45. The Morgan fingerprint density at radius 3 is 2.73 bits per heavy atom. The number of methoxy groups -OCH3 is 1. The quantitative estimate of drug-likeness (QED) is 0.760. The first-order chi connectivity index (χ1) is 12.6. The van der Waals surface area contributed by atoms with Crippen LogP contribution < -0.4 is 4.90 Å². The molecule has 142 valence electrons. The van der Waals surface area contributed by atoms with E-state index >= 15 is 0 Å². The van der Waals surface area contributed by atoms with Crippen molar-refractivity contribution in [1.82, 2.24) is 9.88 Å². The molecule has 0 atom stereocenters. The zero-order valence-electron chi connectivity index (χ0n) is 16.0. The fourth-order valence-electron chi connectivity index (χ4n) is 3.50. The highest BCUT2D eigenvalue weighted by Gasteiger charge is 2.30. The molecule has 1 aromatic carbocycles. The average Bonchev–Trinajstić information content (AvgIpc) is 3.08. The predicted molar refractivity (Wildman–Crippen MR) is 102 cm³/mol. The Morgan fingerprint density at radius 1 is 1.35 bits per heavy atom. The Morgan fingerprint density at radius 2 is 2.08 bits per heavy atom. The molecule has 0 unspecified atom stereocenters. The molecule has 1 aliphatic rings. The van der Waals surface area contributed by atoms with E-state index < -0.39 is 0 Å². The molecule has 0 radical (unpaired) electrons. The van der Waals surface area contributed by atoms with E-state index in [1.807, 2.05) is 29.2 Å². The maximum Gasteiger partial charge on any atom is 0.298 e. The van der Waals surface area contributed by atoms with Gasteiger partial charge in [0.1, 0.15) is 5.52 Å². The fourth-order valence-corrected chi connectivity index (χ4v) is 3.50. The summed E-state index contributed by atoms with van der Waals surface area (Å²) in [5, 5.41) is 0. The topological polar surface area (TPSA) is 58.8 Å². The van der Waals surface area contributed by atoms with Gasteiger partial charge >= 0.3 is 0 Å². The molecule has 3 rings (SSSR count). The molecule has 1 amide bonds. The van der Waals surface area contributed by atoms with Crippen LogP contribution in [0.15, 0.2) is 28.7 Å². The minimum atomic E-state index is 0.0752. The summed E-state index contributed by atoms with van der Waals surface area (Å²) in [5.74, 6) is 0.787. The van der Waals surface area contributed by atoms with Gasteiger partial charge in [0.15, 0.2) is 5.58 Å². The van der Waals surface area contributed by atoms with Crippen LogP contribution in [0, 0.1) is 11.8 Å². The van der Waals surface area contributed by atoms with Gasteiger partial charge in [-0.2, -0.15) is 4.98 Å². The number of oxazole rings is 1. The van der Waals surface area contributed by atoms with Crippen molar-refractivity contribution in [1.29, 1.82) is 0 Å². The van der Waals surface area contributed by atoms with Crippen molar-refractivity contribution in [3.05, 3.63) is 24.3 Å². The number of carbonyl (C=O) groups is 1. The molecule has 1 fully saturated rings. The van der Waals surface area contributed by atoms with Gasteiger partial charge in [-0.25, -0.2) is 0 Å². The number of nitrogens with zero attached hydrogens (tertiary/aromatic N) is 3. The van der Waals surface area contributed by atoms with Crippen molar-refractivity contribution < 1.29 is 13.9 Å². The lowest BCUT2D eigenvalue weighted by Gasteiger charge is -2.34. The summed E-state index contributed by atoms with van der Waals surface area (Å²) in [6.07, 6.45) is 1.66. The van der Waals surface area contributed by atoms with Crippen LogP contribution in [-0.2, 0) is 9.53 Å². The van der Waals surface area contributed by atoms with E-state index in [4.69, 9.17) is 9.15 Å². The SMILES string of the molecule is COCCN(CC(C)C)C(=O)C1CCN(c2nc3ccccc3o2)CC1. The van der Waals surface area contributed by atoms with E-state index in [0.29, 0.717) is 25.1 Å². The standard InChI is InChI=1S/C20H29N3O3/c1-15(2)14-23(12-13-25-3)19(24)16-8-10-22(11-9-16)20-21-17-6-4-5-7-18(17)26-20/h4-7,15-16H,8-14H2,1-3H3. The van der Waals surface area contributed by atoms with Crippen LogP contribution in [0.3, 0.4) is 0 Å². The smallest absolute Gasteiger partial charge is 0.298 e. The number of fused-ring (bicyclic) bond motifs is 1. The zero-order chi connectivity index (χ0) is 18.5. The minimum absolute atomic E-state index is 0.0752. The monoisotopic (exact) mass is 359 g/mol. The second-order valence-electron chi connectivity index (χ2n) is 7.40. The van der Waals surface area contributed by atoms with Crippen LogP contribution in [0.25, 0.3) is 11.1 Å². The largest absolute Gasteiger partial charge is 0.423 e. The van der Waals surface area contributed by atoms with Crippen LogP contribution in [0.1, 0.15) is 26.7 Å². The van der Waals surface area contributed by atoms with Gasteiger partial charge in [-0.05, 0) is 30.9 Å². The van der Waals surface area contributed by atoms with Crippen molar-refractivity contribution in [3.63, 3.8) is 0 Å². The Hall–Kier alpha value is -2.08. The minimum Gasteiger partial charge on any atom is -0.423 e. The number of ether oxygens (including phenoxy) is 1. The first-order valence-corrected chi connectivity index (χ1v) is 9.46. The van der Waals surface area contributed by atoms with E-state index in [0.717, 1.165) is 43.6 Å². The number of hydrogen-bond donors (Lipinski definition) is 0. The maximum atomic E-state index is 12.9. The number of anilines is 1. The summed E-state index contributed by atoms with van der Waals surface area (Å²) >= 11 is 0. The van der Waals surface area contributed by atoms with Crippen molar-refractivity contribution in [2.24, 2.45) is 11.8 Å². The molecule has 6 nitrogen and oxygen atoms in total. The molecule has 26 heavy (non-hydrogen) atoms. The fraction of sp³-hybridized carbons (Fsp3) is 0.600. The molecule has 0 spiro atoms. The molecule has 1 saturated heterocycles. The van der Waals surface area contributed by atoms with Gasteiger partial charge < -0.3 is 19.0 Å². The highest BCUT2D eigenvalue weighted by molar-refractivity contribution is 5.79. The van der Waals surface area contributed by atoms with E-state index in [1.54, 1.807) is 7.11 Å². The van der Waals surface area contributed by atoms with E-state index in [-0.39, 0.29) is 11.8 Å². The van der Waals surface area contributed by atoms with Crippen molar-refractivity contribution >= 4 is 23.0 Å². The lowest BCUT2D eigenvalue weighted by molar-refractivity contribution is -0.137. The first-order valence-electron chi connectivity index (χ1n) is 9.46. The van der Waals surface area contributed by atoms with Gasteiger partial charge in [-0.3, -0.25) is 4.79 Å². The number of para-hydroxylation sites is 2. The molecular weight excluding hydrogens is 330 g/mol. The second kappa shape index (κ2) is 8.54. The summed E-state index contributed by atoms with van der Waals surface area (Å²) in [7, 11) is 1.68. The van der Waals surface area contributed by atoms with Crippen LogP contribution >= 0.6 is 0 Å². The third-order valence-electron chi connectivity index (χ3n) is 4.86. The van der Waals surface area contributed by atoms with Crippen LogP contribution in [0.4, 0.5) is 6.01 Å². The van der Waals surface area contributed by atoms with Gasteiger partial charge in [0.25, 0.3) is 6.01 Å². The number of piperidine rings is 1.